The zero-order valence-electron chi connectivity index (χ0n) is 16.7. The van der Waals surface area contributed by atoms with Gasteiger partial charge in [0.2, 0.25) is 5.43 Å². The first-order chi connectivity index (χ1) is 14.6. The first kappa shape index (κ1) is 19.4. The maximum Gasteiger partial charge on any atom is 0.343 e. The fourth-order valence-corrected chi connectivity index (χ4v) is 3.36. The van der Waals surface area contributed by atoms with E-state index in [1.54, 1.807) is 38.7 Å². The quantitative estimate of drug-likeness (QED) is 0.469. The Labute approximate surface area is 173 Å². The second-order valence-corrected chi connectivity index (χ2v) is 6.63. The monoisotopic (exact) mass is 400 g/mol. The molecule has 0 atom stereocenters. The highest BCUT2D eigenvalue weighted by Crippen LogP contribution is 2.26. The first-order valence-corrected chi connectivity index (χ1v) is 9.53. The van der Waals surface area contributed by atoms with E-state index in [1.165, 1.54) is 0 Å². The molecule has 0 radical (unpaired) electrons. The van der Waals surface area contributed by atoms with Gasteiger partial charge in [-0.2, -0.15) is 0 Å². The van der Waals surface area contributed by atoms with E-state index in [1.807, 2.05) is 53.1 Å². The third kappa shape index (κ3) is 3.55. The second-order valence-electron chi connectivity index (χ2n) is 6.63. The topological polar surface area (TPSA) is 70.4 Å². The van der Waals surface area contributed by atoms with Crippen LogP contribution in [0.5, 0.6) is 5.75 Å². The highest BCUT2D eigenvalue weighted by molar-refractivity contribution is 5.95. The molecule has 150 valence electrons. The summed E-state index contributed by atoms with van der Waals surface area (Å²) in [6.07, 6.45) is 4.99. The third-order valence-electron chi connectivity index (χ3n) is 4.86. The average Bonchev–Trinajstić information content (AvgIpc) is 2.80. The van der Waals surface area contributed by atoms with E-state index in [4.69, 9.17) is 9.47 Å². The minimum absolute atomic E-state index is 0.00294. The number of nitrogens with zero attached hydrogens (tertiary/aromatic N) is 2. The van der Waals surface area contributed by atoms with E-state index < -0.39 is 5.97 Å². The van der Waals surface area contributed by atoms with E-state index in [9.17, 15) is 9.59 Å². The molecule has 30 heavy (non-hydrogen) atoms. The molecule has 0 aliphatic rings. The van der Waals surface area contributed by atoms with Crippen LogP contribution in [0.1, 0.15) is 17.3 Å². The Balaban J connectivity index is 1.99. The third-order valence-corrected chi connectivity index (χ3v) is 4.86. The van der Waals surface area contributed by atoms with Gasteiger partial charge in [-0.1, -0.05) is 6.07 Å². The van der Waals surface area contributed by atoms with Crippen LogP contribution in [0, 0.1) is 0 Å². The van der Waals surface area contributed by atoms with Crippen molar-refractivity contribution in [2.45, 2.75) is 6.92 Å². The molecule has 0 aliphatic carbocycles. The molecule has 0 bridgehead atoms. The van der Waals surface area contributed by atoms with Gasteiger partial charge in [-0.3, -0.25) is 9.78 Å². The van der Waals surface area contributed by atoms with Crippen LogP contribution < -0.4 is 10.2 Å². The van der Waals surface area contributed by atoms with Crippen molar-refractivity contribution in [1.82, 2.24) is 9.55 Å². The molecule has 2 aromatic carbocycles. The van der Waals surface area contributed by atoms with Gasteiger partial charge in [-0.15, -0.1) is 0 Å². The average molecular weight is 400 g/mol. The van der Waals surface area contributed by atoms with Crippen LogP contribution >= 0.6 is 0 Å². The molecule has 4 aromatic rings. The number of hydrogen-bond donors (Lipinski definition) is 0. The van der Waals surface area contributed by atoms with Crippen molar-refractivity contribution in [3.8, 4) is 22.6 Å². The number of fused-ring (bicyclic) bond motifs is 1. The minimum Gasteiger partial charge on any atom is -0.497 e. The van der Waals surface area contributed by atoms with Crippen LogP contribution in [0.25, 0.3) is 27.7 Å². The van der Waals surface area contributed by atoms with Crippen molar-refractivity contribution in [3.05, 3.63) is 89.0 Å². The van der Waals surface area contributed by atoms with E-state index >= 15 is 0 Å². The number of rotatable bonds is 5. The van der Waals surface area contributed by atoms with Crippen LogP contribution in [0.2, 0.25) is 0 Å². The second kappa shape index (κ2) is 8.21. The Kier molecular flexibility index (Phi) is 5.30. The lowest BCUT2D eigenvalue weighted by Crippen LogP contribution is -2.20. The van der Waals surface area contributed by atoms with Crippen molar-refractivity contribution in [2.75, 3.05) is 13.7 Å². The normalized spacial score (nSPS) is 10.7. The van der Waals surface area contributed by atoms with Crippen molar-refractivity contribution < 1.29 is 14.3 Å². The van der Waals surface area contributed by atoms with E-state index in [0.29, 0.717) is 16.7 Å². The summed E-state index contributed by atoms with van der Waals surface area (Å²) in [6.45, 7) is 1.90. The van der Waals surface area contributed by atoms with Gasteiger partial charge in [-0.05, 0) is 66.6 Å². The van der Waals surface area contributed by atoms with Gasteiger partial charge in [-0.25, -0.2) is 4.79 Å². The molecule has 2 aromatic heterocycles. The Morgan fingerprint density at radius 2 is 1.73 bits per heavy atom. The molecule has 0 fully saturated rings. The SMILES string of the molecule is CCOC(=O)c1cn(-c2ccc(OC)cc2)c2cc(-c3ccncc3)ccc2c1=O. The molecule has 2 heterocycles. The maximum absolute atomic E-state index is 13.0. The number of pyridine rings is 2. The summed E-state index contributed by atoms with van der Waals surface area (Å²) in [6, 6.07) is 16.8. The summed E-state index contributed by atoms with van der Waals surface area (Å²) < 4.78 is 12.2. The lowest BCUT2D eigenvalue weighted by Gasteiger charge is -2.15. The Hall–Kier alpha value is -3.93. The van der Waals surface area contributed by atoms with Crippen molar-refractivity contribution in [3.63, 3.8) is 0 Å². The number of hydrogen-bond acceptors (Lipinski definition) is 5. The number of carbonyl (C=O) groups is 1. The molecule has 4 rings (SSSR count). The fraction of sp³-hybridized carbons (Fsp3) is 0.125. The van der Waals surface area contributed by atoms with Gasteiger partial charge in [0.05, 0.1) is 19.2 Å². The van der Waals surface area contributed by atoms with Crippen LogP contribution in [-0.4, -0.2) is 29.2 Å². The number of methoxy groups -OCH3 is 1. The summed E-state index contributed by atoms with van der Waals surface area (Å²) in [5.41, 5.74) is 3.04. The number of ether oxygens (including phenoxy) is 2. The molecule has 0 amide bonds. The van der Waals surface area contributed by atoms with Gasteiger partial charge in [0.25, 0.3) is 0 Å². The van der Waals surface area contributed by atoms with Gasteiger partial charge in [0.1, 0.15) is 11.3 Å². The predicted octanol–water partition coefficient (Wildman–Crippen LogP) is 4.24. The maximum atomic E-state index is 13.0. The highest BCUT2D eigenvalue weighted by Gasteiger charge is 2.18. The van der Waals surface area contributed by atoms with Crippen molar-refractivity contribution in [2.24, 2.45) is 0 Å². The fourth-order valence-electron chi connectivity index (χ4n) is 3.36. The molecule has 0 N–H and O–H groups in total. The summed E-state index contributed by atoms with van der Waals surface area (Å²) in [4.78, 5) is 29.5. The smallest absolute Gasteiger partial charge is 0.343 e. The largest absolute Gasteiger partial charge is 0.497 e. The zero-order valence-corrected chi connectivity index (χ0v) is 16.7. The van der Waals surface area contributed by atoms with Crippen LogP contribution in [0.3, 0.4) is 0 Å². The predicted molar refractivity (Wildman–Crippen MR) is 115 cm³/mol. The molecule has 6 heteroatoms. The molecule has 0 spiro atoms. The summed E-state index contributed by atoms with van der Waals surface area (Å²) >= 11 is 0. The Bertz CT molecular complexity index is 1260. The molecule has 0 saturated carbocycles. The summed E-state index contributed by atoms with van der Waals surface area (Å²) in [5, 5.41) is 0.439. The Morgan fingerprint density at radius 1 is 1.00 bits per heavy atom. The number of carbonyl (C=O) groups excluding carboxylic acids is 1. The van der Waals surface area contributed by atoms with Crippen LogP contribution in [0.15, 0.2) is 78.0 Å². The van der Waals surface area contributed by atoms with E-state index in [-0.39, 0.29) is 17.6 Å². The molecular weight excluding hydrogens is 380 g/mol. The first-order valence-electron chi connectivity index (χ1n) is 9.53. The van der Waals surface area contributed by atoms with E-state index in [2.05, 4.69) is 4.98 Å². The molecule has 0 unspecified atom stereocenters. The van der Waals surface area contributed by atoms with E-state index in [0.717, 1.165) is 16.8 Å². The number of benzene rings is 2. The van der Waals surface area contributed by atoms with Gasteiger partial charge in [0, 0.05) is 29.7 Å². The lowest BCUT2D eigenvalue weighted by atomic mass is 10.0. The van der Waals surface area contributed by atoms with Crippen molar-refractivity contribution in [1.29, 1.82) is 0 Å². The lowest BCUT2D eigenvalue weighted by molar-refractivity contribution is 0.0524. The highest BCUT2D eigenvalue weighted by atomic mass is 16.5. The molecular formula is C24H20N2O4. The van der Waals surface area contributed by atoms with Gasteiger partial charge in [0.15, 0.2) is 0 Å². The summed E-state index contributed by atoms with van der Waals surface area (Å²) in [5.74, 6) is 0.0806. The number of esters is 1. The van der Waals surface area contributed by atoms with Gasteiger partial charge >= 0.3 is 5.97 Å². The molecule has 0 aliphatic heterocycles. The molecule has 0 saturated heterocycles. The summed E-state index contributed by atoms with van der Waals surface area (Å²) in [7, 11) is 1.60. The zero-order chi connectivity index (χ0) is 21.1. The Morgan fingerprint density at radius 3 is 2.40 bits per heavy atom. The van der Waals surface area contributed by atoms with Gasteiger partial charge < -0.3 is 14.0 Å². The molecule has 6 nitrogen and oxygen atoms in total. The number of aromatic nitrogens is 2. The van der Waals surface area contributed by atoms with Crippen molar-refractivity contribution >= 4 is 16.9 Å². The standard InChI is InChI=1S/C24H20N2O4/c1-3-30-24(28)21-15-26(18-5-7-19(29-2)8-6-18)22-14-17(4-9-20(22)23(21)27)16-10-12-25-13-11-16/h4-15H,3H2,1-2H3. The minimum atomic E-state index is -0.634. The van der Waals surface area contributed by atoms with Crippen LogP contribution in [-0.2, 0) is 4.74 Å². The van der Waals surface area contributed by atoms with Crippen LogP contribution in [0.4, 0.5) is 0 Å².